The molecule has 4 rings (SSSR count). The molecule has 0 atom stereocenters. The normalized spacial score (nSPS) is 12.0. The molecule has 0 bridgehead atoms. The summed E-state index contributed by atoms with van der Waals surface area (Å²) in [6.45, 7) is 0. The Hall–Kier alpha value is -2.33. The van der Waals surface area contributed by atoms with Crippen LogP contribution in [-0.2, 0) is 13.5 Å². The number of hydrogen-bond donors (Lipinski definition) is 0. The zero-order valence-corrected chi connectivity index (χ0v) is 13.6. The molecule has 1 aliphatic rings. The Morgan fingerprint density at radius 2 is 2.00 bits per heavy atom. The predicted octanol–water partition coefficient (Wildman–Crippen LogP) is 3.97. The molecule has 3 nitrogen and oxygen atoms in total. The summed E-state index contributed by atoms with van der Waals surface area (Å²) in [5.41, 5.74) is 5.89. The van der Waals surface area contributed by atoms with E-state index in [1.54, 1.807) is 6.20 Å². The van der Waals surface area contributed by atoms with E-state index >= 15 is 0 Å². The largest absolute Gasteiger partial charge is 0.329 e. The van der Waals surface area contributed by atoms with Crippen molar-refractivity contribution in [1.29, 1.82) is 0 Å². The summed E-state index contributed by atoms with van der Waals surface area (Å²) in [5, 5.41) is 0.866. The van der Waals surface area contributed by atoms with E-state index < -0.39 is 0 Å². The second kappa shape index (κ2) is 5.70. The van der Waals surface area contributed by atoms with Crippen LogP contribution in [0.2, 0.25) is 0 Å². The topological polar surface area (TPSA) is 34.9 Å². The number of ketones is 1. The summed E-state index contributed by atoms with van der Waals surface area (Å²) in [4.78, 5) is 16.7. The van der Waals surface area contributed by atoms with Gasteiger partial charge in [-0.15, -0.1) is 0 Å². The van der Waals surface area contributed by atoms with Crippen LogP contribution in [0.25, 0.3) is 11.1 Å². The molecular formula is C19H16N2OS. The van der Waals surface area contributed by atoms with E-state index in [1.165, 1.54) is 34.0 Å². The molecule has 1 aromatic heterocycles. The molecule has 0 spiro atoms. The average molecular weight is 320 g/mol. The Bertz CT molecular complexity index is 898. The van der Waals surface area contributed by atoms with Gasteiger partial charge < -0.3 is 4.57 Å². The first-order chi connectivity index (χ1) is 11.2. The van der Waals surface area contributed by atoms with Crippen LogP contribution >= 0.6 is 11.8 Å². The predicted molar refractivity (Wildman–Crippen MR) is 92.9 cm³/mol. The molecule has 0 aliphatic heterocycles. The zero-order chi connectivity index (χ0) is 15.8. The molecule has 0 N–H and O–H groups in total. The lowest BCUT2D eigenvalue weighted by molar-refractivity contribution is 0.102. The Kier molecular flexibility index (Phi) is 3.54. The van der Waals surface area contributed by atoms with Crippen LogP contribution in [0.4, 0.5) is 0 Å². The summed E-state index contributed by atoms with van der Waals surface area (Å²) >= 11 is 1.48. The maximum Gasteiger partial charge on any atom is 0.173 e. The van der Waals surface area contributed by atoms with Gasteiger partial charge in [0.25, 0.3) is 0 Å². The molecule has 0 amide bonds. The van der Waals surface area contributed by atoms with Gasteiger partial charge in [-0.05, 0) is 34.7 Å². The molecule has 0 saturated heterocycles. The number of aromatic nitrogens is 2. The summed E-state index contributed by atoms with van der Waals surface area (Å²) in [5.74, 6) is 0.552. The second-order valence-corrected chi connectivity index (χ2v) is 6.68. The fraction of sp³-hybridized carbons (Fsp3) is 0.158. The molecule has 1 aliphatic carbocycles. The lowest BCUT2D eigenvalue weighted by atomic mass is 10.0. The van der Waals surface area contributed by atoms with E-state index in [2.05, 4.69) is 35.3 Å². The van der Waals surface area contributed by atoms with E-state index in [1.807, 2.05) is 29.9 Å². The van der Waals surface area contributed by atoms with Crippen LogP contribution in [0.1, 0.15) is 21.5 Å². The van der Waals surface area contributed by atoms with Crippen molar-refractivity contribution >= 4 is 17.5 Å². The molecule has 4 heteroatoms. The van der Waals surface area contributed by atoms with E-state index in [0.29, 0.717) is 5.75 Å². The first kappa shape index (κ1) is 14.3. The molecule has 0 fully saturated rings. The van der Waals surface area contributed by atoms with Gasteiger partial charge in [-0.1, -0.05) is 48.2 Å². The Morgan fingerprint density at radius 3 is 2.83 bits per heavy atom. The minimum absolute atomic E-state index is 0.144. The van der Waals surface area contributed by atoms with Gasteiger partial charge in [0.15, 0.2) is 10.9 Å². The van der Waals surface area contributed by atoms with Crippen molar-refractivity contribution in [2.24, 2.45) is 7.05 Å². The number of carbonyl (C=O) groups is 1. The second-order valence-electron chi connectivity index (χ2n) is 5.74. The fourth-order valence-electron chi connectivity index (χ4n) is 3.00. The number of rotatable bonds is 4. The van der Waals surface area contributed by atoms with Crippen LogP contribution in [0, 0.1) is 0 Å². The quantitative estimate of drug-likeness (QED) is 0.421. The van der Waals surface area contributed by atoms with E-state index in [-0.39, 0.29) is 5.78 Å². The molecule has 2 aromatic carbocycles. The highest BCUT2D eigenvalue weighted by Crippen LogP contribution is 2.37. The zero-order valence-electron chi connectivity index (χ0n) is 12.8. The number of nitrogens with zero attached hydrogens (tertiary/aromatic N) is 2. The van der Waals surface area contributed by atoms with Crippen molar-refractivity contribution in [3.63, 3.8) is 0 Å². The van der Waals surface area contributed by atoms with Crippen molar-refractivity contribution in [2.75, 3.05) is 5.75 Å². The molecule has 0 unspecified atom stereocenters. The number of imidazole rings is 1. The third-order valence-corrected chi connectivity index (χ3v) is 5.29. The van der Waals surface area contributed by atoms with Crippen molar-refractivity contribution < 1.29 is 4.79 Å². The van der Waals surface area contributed by atoms with Gasteiger partial charge in [0, 0.05) is 25.0 Å². The lowest BCUT2D eigenvalue weighted by Gasteiger charge is -2.05. The highest BCUT2D eigenvalue weighted by Gasteiger charge is 2.19. The van der Waals surface area contributed by atoms with Gasteiger partial charge in [-0.3, -0.25) is 4.79 Å². The highest BCUT2D eigenvalue weighted by molar-refractivity contribution is 7.99. The standard InChI is InChI=1S/C19H16N2OS/c1-21-9-8-20-19(21)23-12-18(22)15-7-6-14-10-13-4-2-3-5-16(13)17(14)11-15/h2-9,11H,10,12H2,1H3. The minimum atomic E-state index is 0.144. The van der Waals surface area contributed by atoms with Crippen LogP contribution in [0.15, 0.2) is 60.0 Å². The molecular weight excluding hydrogens is 304 g/mol. The average Bonchev–Trinajstić information content (AvgIpc) is 3.15. The Balaban J connectivity index is 1.57. The van der Waals surface area contributed by atoms with Crippen LogP contribution in [0.5, 0.6) is 0 Å². The molecule has 0 saturated carbocycles. The monoisotopic (exact) mass is 320 g/mol. The number of Topliss-reactive ketones (excluding diaryl/α,β-unsaturated/α-hetero) is 1. The molecule has 0 radical (unpaired) electrons. The molecule has 3 aromatic rings. The maximum atomic E-state index is 12.5. The van der Waals surface area contributed by atoms with Crippen molar-refractivity contribution in [1.82, 2.24) is 9.55 Å². The lowest BCUT2D eigenvalue weighted by Crippen LogP contribution is -2.04. The molecule has 23 heavy (non-hydrogen) atoms. The number of aryl methyl sites for hydroxylation is 1. The third kappa shape index (κ3) is 2.59. The van der Waals surface area contributed by atoms with Crippen LogP contribution < -0.4 is 0 Å². The van der Waals surface area contributed by atoms with E-state index in [9.17, 15) is 4.79 Å². The first-order valence-electron chi connectivity index (χ1n) is 7.57. The first-order valence-corrected chi connectivity index (χ1v) is 8.55. The van der Waals surface area contributed by atoms with Crippen LogP contribution in [-0.4, -0.2) is 21.1 Å². The van der Waals surface area contributed by atoms with Gasteiger partial charge in [-0.25, -0.2) is 4.98 Å². The summed E-state index contributed by atoms with van der Waals surface area (Å²) < 4.78 is 1.93. The highest BCUT2D eigenvalue weighted by atomic mass is 32.2. The van der Waals surface area contributed by atoms with Gasteiger partial charge in [0.1, 0.15) is 0 Å². The third-order valence-electron chi connectivity index (χ3n) is 4.23. The smallest absolute Gasteiger partial charge is 0.173 e. The summed E-state index contributed by atoms with van der Waals surface area (Å²) in [6, 6.07) is 14.5. The number of fused-ring (bicyclic) bond motifs is 3. The fourth-order valence-corrected chi connectivity index (χ4v) is 3.83. The van der Waals surface area contributed by atoms with Crippen molar-refractivity contribution in [2.45, 2.75) is 11.6 Å². The minimum Gasteiger partial charge on any atom is -0.329 e. The van der Waals surface area contributed by atoms with Crippen molar-refractivity contribution in [3.8, 4) is 11.1 Å². The van der Waals surface area contributed by atoms with Crippen molar-refractivity contribution in [3.05, 3.63) is 71.5 Å². The Morgan fingerprint density at radius 1 is 1.17 bits per heavy atom. The van der Waals surface area contributed by atoms with Gasteiger partial charge in [0.2, 0.25) is 0 Å². The Labute approximate surface area is 139 Å². The number of carbonyl (C=O) groups excluding carboxylic acids is 1. The summed E-state index contributed by atoms with van der Waals surface area (Å²) in [6.07, 6.45) is 4.60. The van der Waals surface area contributed by atoms with E-state index in [0.717, 1.165) is 17.1 Å². The number of hydrogen-bond acceptors (Lipinski definition) is 3. The SMILES string of the molecule is Cn1ccnc1SCC(=O)c1ccc2c(c1)-c1ccccc1C2. The summed E-state index contributed by atoms with van der Waals surface area (Å²) in [7, 11) is 1.94. The van der Waals surface area contributed by atoms with Crippen LogP contribution in [0.3, 0.4) is 0 Å². The van der Waals surface area contributed by atoms with Gasteiger partial charge in [-0.2, -0.15) is 0 Å². The number of thioether (sulfide) groups is 1. The molecule has 114 valence electrons. The molecule has 1 heterocycles. The van der Waals surface area contributed by atoms with Gasteiger partial charge >= 0.3 is 0 Å². The number of benzene rings is 2. The maximum absolute atomic E-state index is 12.5. The van der Waals surface area contributed by atoms with Gasteiger partial charge in [0.05, 0.1) is 5.75 Å². The van der Waals surface area contributed by atoms with E-state index in [4.69, 9.17) is 0 Å².